The van der Waals surface area contributed by atoms with Crippen molar-refractivity contribution in [3.63, 3.8) is 0 Å². The van der Waals surface area contributed by atoms with Crippen LogP contribution in [0.4, 0.5) is 0 Å². The fraction of sp³-hybridized carbons (Fsp3) is 0.833. The number of nitrogens with zero attached hydrogens (tertiary/aromatic N) is 1. The largest absolute Gasteiger partial charge is 0.756 e. The molecule has 51 heavy (non-hydrogen) atoms. The lowest BCUT2D eigenvalue weighted by atomic mass is 10.0. The first-order valence-electron chi connectivity index (χ1n) is 20.9. The van der Waals surface area contributed by atoms with E-state index < -0.39 is 26.6 Å². The highest BCUT2D eigenvalue weighted by Crippen LogP contribution is 2.38. The van der Waals surface area contributed by atoms with E-state index in [0.29, 0.717) is 17.4 Å². The van der Waals surface area contributed by atoms with Gasteiger partial charge in [-0.15, -0.1) is 0 Å². The fourth-order valence-electron chi connectivity index (χ4n) is 5.68. The number of nitrogens with one attached hydrogen (secondary N) is 1. The van der Waals surface area contributed by atoms with Crippen molar-refractivity contribution in [2.45, 2.75) is 187 Å². The second-order valence-corrected chi connectivity index (χ2v) is 16.7. The molecule has 0 saturated carbocycles. The predicted octanol–water partition coefficient (Wildman–Crippen LogP) is 10.5. The number of carbonyl (C=O) groups excluding carboxylic acids is 1. The summed E-state index contributed by atoms with van der Waals surface area (Å²) in [6.45, 7) is 4.56. The number of allylic oxidation sites excluding steroid dienone is 5. The van der Waals surface area contributed by atoms with Gasteiger partial charge in [-0.3, -0.25) is 9.36 Å². The van der Waals surface area contributed by atoms with E-state index >= 15 is 0 Å². The van der Waals surface area contributed by atoms with Gasteiger partial charge in [-0.1, -0.05) is 153 Å². The standard InChI is InChI=1S/C42H81N2O6P/c1-6-8-10-12-14-16-18-19-20-21-22-23-24-26-27-29-31-33-35-41(45)40(39-50-51(47,48)49-38-37-44(3,4)5)43-42(46)36-34-32-30-28-25-17-15-13-11-9-7-2/h13,15,26-27,33,35,40-41,45H,6-12,14,16-25,28-32,34,36-39H2,1-5H3,(H-,43,46,47,48)/b15-13-,27-26+,35-33+. The van der Waals surface area contributed by atoms with E-state index in [-0.39, 0.29) is 12.5 Å². The Labute approximate surface area is 315 Å². The lowest BCUT2D eigenvalue weighted by Crippen LogP contribution is -2.45. The summed E-state index contributed by atoms with van der Waals surface area (Å²) in [7, 11) is 1.23. The van der Waals surface area contributed by atoms with Crippen LogP contribution in [0.3, 0.4) is 0 Å². The third-order valence-corrected chi connectivity index (χ3v) is 10.0. The maximum absolute atomic E-state index is 12.8. The second kappa shape index (κ2) is 34.5. The van der Waals surface area contributed by atoms with Crippen LogP contribution in [-0.2, 0) is 18.4 Å². The molecule has 0 aromatic rings. The molecule has 0 fully saturated rings. The topological polar surface area (TPSA) is 108 Å². The minimum absolute atomic E-state index is 0.00820. The molecule has 0 radical (unpaired) electrons. The maximum atomic E-state index is 12.8. The summed E-state index contributed by atoms with van der Waals surface area (Å²) in [5.74, 6) is -0.220. The van der Waals surface area contributed by atoms with Crippen LogP contribution in [0.2, 0.25) is 0 Å². The van der Waals surface area contributed by atoms with Crippen LogP contribution in [0.1, 0.15) is 174 Å². The molecule has 0 saturated heterocycles. The van der Waals surface area contributed by atoms with Crippen LogP contribution < -0.4 is 10.2 Å². The Bertz CT molecular complexity index is 933. The number of amides is 1. The Balaban J connectivity index is 4.51. The Morgan fingerprint density at radius 2 is 1.12 bits per heavy atom. The zero-order valence-corrected chi connectivity index (χ0v) is 34.7. The third-order valence-electron chi connectivity index (χ3n) is 9.07. The molecule has 300 valence electrons. The zero-order chi connectivity index (χ0) is 37.9. The summed E-state index contributed by atoms with van der Waals surface area (Å²) in [6.07, 6.45) is 40.5. The van der Waals surface area contributed by atoms with Gasteiger partial charge in [0, 0.05) is 6.42 Å². The van der Waals surface area contributed by atoms with Crippen molar-refractivity contribution in [3.05, 3.63) is 36.5 Å². The summed E-state index contributed by atoms with van der Waals surface area (Å²) >= 11 is 0. The van der Waals surface area contributed by atoms with E-state index in [1.54, 1.807) is 6.08 Å². The van der Waals surface area contributed by atoms with E-state index in [0.717, 1.165) is 64.2 Å². The highest BCUT2D eigenvalue weighted by molar-refractivity contribution is 7.45. The average molecular weight is 741 g/mol. The van der Waals surface area contributed by atoms with Crippen molar-refractivity contribution < 1.29 is 32.9 Å². The van der Waals surface area contributed by atoms with Crippen molar-refractivity contribution in [2.75, 3.05) is 40.9 Å². The van der Waals surface area contributed by atoms with Crippen molar-refractivity contribution in [1.29, 1.82) is 0 Å². The number of phosphoric acid groups is 1. The molecular formula is C42H81N2O6P. The van der Waals surface area contributed by atoms with Gasteiger partial charge in [-0.25, -0.2) is 0 Å². The summed E-state index contributed by atoms with van der Waals surface area (Å²) in [6, 6.07) is -0.904. The minimum atomic E-state index is -4.59. The van der Waals surface area contributed by atoms with Gasteiger partial charge in [0.15, 0.2) is 0 Å². The summed E-state index contributed by atoms with van der Waals surface area (Å²) in [5, 5.41) is 13.7. The molecule has 8 nitrogen and oxygen atoms in total. The van der Waals surface area contributed by atoms with Crippen LogP contribution in [-0.4, -0.2) is 68.5 Å². The second-order valence-electron chi connectivity index (χ2n) is 15.3. The number of likely N-dealkylation sites (N-methyl/N-ethyl adjacent to an activating group) is 1. The molecule has 0 aliphatic heterocycles. The maximum Gasteiger partial charge on any atom is 0.268 e. The van der Waals surface area contributed by atoms with Gasteiger partial charge >= 0.3 is 0 Å². The number of phosphoric ester groups is 1. The first-order valence-corrected chi connectivity index (χ1v) is 22.3. The van der Waals surface area contributed by atoms with E-state index in [1.807, 2.05) is 27.2 Å². The monoisotopic (exact) mass is 741 g/mol. The molecule has 9 heteroatoms. The number of carbonyl (C=O) groups is 1. The van der Waals surface area contributed by atoms with E-state index in [4.69, 9.17) is 9.05 Å². The molecule has 3 atom stereocenters. The Morgan fingerprint density at radius 3 is 1.65 bits per heavy atom. The summed E-state index contributed by atoms with van der Waals surface area (Å²) in [4.78, 5) is 25.2. The number of rotatable bonds is 37. The van der Waals surface area contributed by atoms with E-state index in [1.165, 1.54) is 89.9 Å². The summed E-state index contributed by atoms with van der Waals surface area (Å²) < 4.78 is 23.1. The number of hydrogen-bond donors (Lipinski definition) is 2. The lowest BCUT2D eigenvalue weighted by molar-refractivity contribution is -0.870. The Morgan fingerprint density at radius 1 is 0.667 bits per heavy atom. The SMILES string of the molecule is CCCC/C=C\CCCCCCCC(=O)NC(COP(=O)([O-])OCC[N+](C)(C)C)C(O)/C=C/CC/C=C/CCCCCCCCCCCCCC. The van der Waals surface area contributed by atoms with Crippen molar-refractivity contribution in [3.8, 4) is 0 Å². The first kappa shape index (κ1) is 49.7. The van der Waals surface area contributed by atoms with Gasteiger partial charge in [-0.2, -0.15) is 0 Å². The lowest BCUT2D eigenvalue weighted by Gasteiger charge is -2.29. The van der Waals surface area contributed by atoms with Gasteiger partial charge in [0.1, 0.15) is 13.2 Å². The molecule has 0 heterocycles. The number of aliphatic hydroxyl groups is 1. The minimum Gasteiger partial charge on any atom is -0.756 e. The number of hydrogen-bond acceptors (Lipinski definition) is 6. The van der Waals surface area contributed by atoms with Gasteiger partial charge in [0.2, 0.25) is 5.91 Å². The third kappa shape index (κ3) is 36.9. The quantitative estimate of drug-likeness (QED) is 0.0284. The van der Waals surface area contributed by atoms with Crippen LogP contribution in [0, 0.1) is 0 Å². The Hall–Kier alpha value is -1.28. The van der Waals surface area contributed by atoms with Crippen molar-refractivity contribution in [2.24, 2.45) is 0 Å². The molecule has 3 unspecified atom stereocenters. The van der Waals surface area contributed by atoms with Crippen LogP contribution in [0.5, 0.6) is 0 Å². The molecule has 0 aromatic carbocycles. The fourth-order valence-corrected chi connectivity index (χ4v) is 6.40. The van der Waals surface area contributed by atoms with Crippen molar-refractivity contribution in [1.82, 2.24) is 5.32 Å². The normalized spacial score (nSPS) is 14.9. The zero-order valence-electron chi connectivity index (χ0n) is 33.8. The van der Waals surface area contributed by atoms with Crippen LogP contribution >= 0.6 is 7.82 Å². The highest BCUT2D eigenvalue weighted by Gasteiger charge is 2.23. The van der Waals surface area contributed by atoms with E-state index in [2.05, 4.69) is 43.5 Å². The molecular weight excluding hydrogens is 659 g/mol. The highest BCUT2D eigenvalue weighted by atomic mass is 31.2. The van der Waals surface area contributed by atoms with Gasteiger partial charge < -0.3 is 28.8 Å². The van der Waals surface area contributed by atoms with Gasteiger partial charge in [0.05, 0.1) is 39.9 Å². The number of unbranched alkanes of at least 4 members (excludes halogenated alkanes) is 20. The smallest absolute Gasteiger partial charge is 0.268 e. The molecule has 0 aliphatic rings. The molecule has 0 rings (SSSR count). The molecule has 0 aliphatic carbocycles. The predicted molar refractivity (Wildman–Crippen MR) is 215 cm³/mol. The van der Waals surface area contributed by atoms with E-state index in [9.17, 15) is 19.4 Å². The molecule has 0 aromatic heterocycles. The first-order chi connectivity index (χ1) is 24.5. The molecule has 0 bridgehead atoms. The van der Waals surface area contributed by atoms with Gasteiger partial charge in [0.25, 0.3) is 7.82 Å². The van der Waals surface area contributed by atoms with Crippen molar-refractivity contribution >= 4 is 13.7 Å². The summed E-state index contributed by atoms with van der Waals surface area (Å²) in [5.41, 5.74) is 0. The Kier molecular flexibility index (Phi) is 33.6. The number of quaternary nitrogens is 1. The van der Waals surface area contributed by atoms with Crippen LogP contribution in [0.25, 0.3) is 0 Å². The molecule has 0 spiro atoms. The van der Waals surface area contributed by atoms with Crippen LogP contribution in [0.15, 0.2) is 36.5 Å². The van der Waals surface area contributed by atoms with Gasteiger partial charge in [-0.05, 0) is 51.4 Å². The number of aliphatic hydroxyl groups excluding tert-OH is 1. The molecule has 1 amide bonds. The molecule has 2 N–H and O–H groups in total. The average Bonchev–Trinajstić information content (AvgIpc) is 3.07.